The number of nitrogens with zero attached hydrogens (tertiary/aromatic N) is 2. The van der Waals surface area contributed by atoms with Crippen LogP contribution in [0.25, 0.3) is 0 Å². The van der Waals surface area contributed by atoms with Gasteiger partial charge in [-0.2, -0.15) is 0 Å². The molecule has 2 rings (SSSR count). The average molecular weight is 286 g/mol. The fourth-order valence-corrected chi connectivity index (χ4v) is 3.13. The summed E-state index contributed by atoms with van der Waals surface area (Å²) in [5.41, 5.74) is 0. The second kappa shape index (κ2) is 5.81. The van der Waals surface area contributed by atoms with Crippen molar-refractivity contribution in [1.29, 1.82) is 0 Å². The van der Waals surface area contributed by atoms with Crippen LogP contribution in [0.4, 0.5) is 5.95 Å². The van der Waals surface area contributed by atoms with Crippen LogP contribution in [0.5, 0.6) is 0 Å². The van der Waals surface area contributed by atoms with Crippen LogP contribution < -0.4 is 10.0 Å². The van der Waals surface area contributed by atoms with Gasteiger partial charge < -0.3 is 10.1 Å². The highest BCUT2D eigenvalue weighted by Crippen LogP contribution is 2.17. The minimum absolute atomic E-state index is 0.0522. The Kier molecular flexibility index (Phi) is 4.33. The molecule has 19 heavy (non-hydrogen) atoms. The maximum absolute atomic E-state index is 12.1. The van der Waals surface area contributed by atoms with Crippen LogP contribution in [0.2, 0.25) is 0 Å². The Hall–Kier alpha value is -1.25. The van der Waals surface area contributed by atoms with Crippen molar-refractivity contribution >= 4 is 16.0 Å². The predicted octanol–water partition coefficient (Wildman–Crippen LogP) is 0.364. The largest absolute Gasteiger partial charge is 0.377 e. The summed E-state index contributed by atoms with van der Waals surface area (Å²) in [5, 5.41) is 2.73. The molecule has 1 aliphatic rings. The highest BCUT2D eigenvalue weighted by Gasteiger charge is 2.27. The van der Waals surface area contributed by atoms with Crippen LogP contribution in [0.3, 0.4) is 0 Å². The fraction of sp³-hybridized carbons (Fsp3) is 0.636. The van der Waals surface area contributed by atoms with E-state index in [1.165, 1.54) is 12.4 Å². The molecule has 0 saturated carbocycles. The van der Waals surface area contributed by atoms with E-state index in [1.54, 1.807) is 14.0 Å². The summed E-state index contributed by atoms with van der Waals surface area (Å²) in [4.78, 5) is 7.84. The lowest BCUT2D eigenvalue weighted by Gasteiger charge is -2.19. The zero-order valence-electron chi connectivity index (χ0n) is 11.0. The van der Waals surface area contributed by atoms with Gasteiger partial charge in [0.05, 0.1) is 18.5 Å². The number of aromatic nitrogens is 2. The Labute approximate surface area is 112 Å². The SMILES string of the molecule is CNc1ncc(S(=O)(=O)NC(C)C2CCCO2)cn1. The van der Waals surface area contributed by atoms with Gasteiger partial charge in [-0.1, -0.05) is 0 Å². The number of hydrogen-bond donors (Lipinski definition) is 2. The molecule has 1 fully saturated rings. The molecule has 2 heterocycles. The molecule has 0 aromatic carbocycles. The monoisotopic (exact) mass is 286 g/mol. The van der Waals surface area contributed by atoms with E-state index in [-0.39, 0.29) is 17.0 Å². The van der Waals surface area contributed by atoms with Gasteiger partial charge in [0.1, 0.15) is 4.90 Å². The maximum Gasteiger partial charge on any atom is 0.243 e. The van der Waals surface area contributed by atoms with Crippen molar-refractivity contribution in [2.45, 2.75) is 36.8 Å². The summed E-state index contributed by atoms with van der Waals surface area (Å²) < 4.78 is 32.3. The van der Waals surface area contributed by atoms with E-state index >= 15 is 0 Å². The third-order valence-electron chi connectivity index (χ3n) is 3.03. The second-order valence-corrected chi connectivity index (χ2v) is 6.17. The Bertz CT molecular complexity index is 511. The van der Waals surface area contributed by atoms with E-state index in [4.69, 9.17) is 4.74 Å². The van der Waals surface area contributed by atoms with Crippen molar-refractivity contribution in [3.8, 4) is 0 Å². The van der Waals surface area contributed by atoms with Gasteiger partial charge in [-0.05, 0) is 19.8 Å². The Morgan fingerprint density at radius 2 is 2.11 bits per heavy atom. The average Bonchev–Trinajstić information content (AvgIpc) is 2.92. The lowest BCUT2D eigenvalue weighted by molar-refractivity contribution is 0.0902. The van der Waals surface area contributed by atoms with E-state index in [1.807, 2.05) is 0 Å². The van der Waals surface area contributed by atoms with Gasteiger partial charge in [-0.3, -0.25) is 0 Å². The molecule has 2 atom stereocenters. The summed E-state index contributed by atoms with van der Waals surface area (Å²) in [6, 6.07) is -0.267. The molecular formula is C11H18N4O3S. The molecule has 0 spiro atoms. The first-order valence-corrected chi connectivity index (χ1v) is 7.65. The number of anilines is 1. The normalized spacial score (nSPS) is 21.3. The molecule has 2 N–H and O–H groups in total. The predicted molar refractivity (Wildman–Crippen MR) is 70.3 cm³/mol. The minimum atomic E-state index is -3.60. The zero-order valence-corrected chi connectivity index (χ0v) is 11.8. The van der Waals surface area contributed by atoms with Gasteiger partial charge in [0, 0.05) is 19.7 Å². The molecule has 0 aliphatic carbocycles. The summed E-state index contributed by atoms with van der Waals surface area (Å²) in [7, 11) is -1.94. The molecule has 0 radical (unpaired) electrons. The first-order valence-electron chi connectivity index (χ1n) is 6.16. The van der Waals surface area contributed by atoms with E-state index in [9.17, 15) is 8.42 Å². The first kappa shape index (κ1) is 14.2. The van der Waals surface area contributed by atoms with E-state index in [0.29, 0.717) is 12.6 Å². The molecule has 1 aromatic heterocycles. The van der Waals surface area contributed by atoms with Crippen molar-refractivity contribution in [1.82, 2.24) is 14.7 Å². The van der Waals surface area contributed by atoms with Crippen LogP contribution in [-0.4, -0.2) is 44.2 Å². The molecule has 1 saturated heterocycles. The molecular weight excluding hydrogens is 268 g/mol. The summed E-state index contributed by atoms with van der Waals surface area (Å²) >= 11 is 0. The molecule has 8 heteroatoms. The minimum Gasteiger partial charge on any atom is -0.377 e. The molecule has 2 unspecified atom stereocenters. The van der Waals surface area contributed by atoms with Crippen molar-refractivity contribution in [2.24, 2.45) is 0 Å². The van der Waals surface area contributed by atoms with Crippen LogP contribution in [-0.2, 0) is 14.8 Å². The van der Waals surface area contributed by atoms with Crippen LogP contribution >= 0.6 is 0 Å². The molecule has 106 valence electrons. The van der Waals surface area contributed by atoms with Crippen LogP contribution in [0.15, 0.2) is 17.3 Å². The molecule has 0 bridgehead atoms. The van der Waals surface area contributed by atoms with Gasteiger partial charge in [0.15, 0.2) is 0 Å². The number of rotatable bonds is 5. The summed E-state index contributed by atoms with van der Waals surface area (Å²) in [6.07, 6.45) is 4.34. The number of nitrogens with one attached hydrogen (secondary N) is 2. The number of ether oxygens (including phenoxy) is 1. The Balaban J connectivity index is 2.08. The third kappa shape index (κ3) is 3.40. The summed E-state index contributed by atoms with van der Waals surface area (Å²) in [5.74, 6) is 0.381. The topological polar surface area (TPSA) is 93.2 Å². The lowest BCUT2D eigenvalue weighted by atomic mass is 10.1. The Morgan fingerprint density at radius 3 is 2.63 bits per heavy atom. The first-order chi connectivity index (χ1) is 9.03. The molecule has 0 amide bonds. The van der Waals surface area contributed by atoms with E-state index in [0.717, 1.165) is 12.8 Å². The van der Waals surface area contributed by atoms with E-state index < -0.39 is 10.0 Å². The van der Waals surface area contributed by atoms with Crippen LogP contribution in [0.1, 0.15) is 19.8 Å². The van der Waals surface area contributed by atoms with Gasteiger partial charge in [0.25, 0.3) is 0 Å². The van der Waals surface area contributed by atoms with Gasteiger partial charge >= 0.3 is 0 Å². The highest BCUT2D eigenvalue weighted by molar-refractivity contribution is 7.89. The molecule has 1 aromatic rings. The van der Waals surface area contributed by atoms with Crippen molar-refractivity contribution in [2.75, 3.05) is 19.0 Å². The van der Waals surface area contributed by atoms with E-state index in [2.05, 4.69) is 20.0 Å². The number of sulfonamides is 1. The van der Waals surface area contributed by atoms with Crippen molar-refractivity contribution in [3.63, 3.8) is 0 Å². The van der Waals surface area contributed by atoms with Gasteiger partial charge in [0.2, 0.25) is 16.0 Å². The summed E-state index contributed by atoms with van der Waals surface area (Å²) in [6.45, 7) is 2.49. The smallest absolute Gasteiger partial charge is 0.243 e. The Morgan fingerprint density at radius 1 is 1.42 bits per heavy atom. The quantitative estimate of drug-likeness (QED) is 0.812. The fourth-order valence-electron chi connectivity index (χ4n) is 1.97. The van der Waals surface area contributed by atoms with Crippen LogP contribution in [0, 0.1) is 0 Å². The number of hydrogen-bond acceptors (Lipinski definition) is 6. The highest BCUT2D eigenvalue weighted by atomic mass is 32.2. The lowest BCUT2D eigenvalue weighted by Crippen LogP contribution is -2.40. The molecule has 1 aliphatic heterocycles. The van der Waals surface area contributed by atoms with Crippen molar-refractivity contribution in [3.05, 3.63) is 12.4 Å². The second-order valence-electron chi connectivity index (χ2n) is 4.45. The zero-order chi connectivity index (χ0) is 13.9. The standard InChI is InChI=1S/C11H18N4O3S/c1-8(10-4-3-5-18-10)15-19(16,17)9-6-13-11(12-2)14-7-9/h6-8,10,15H,3-5H2,1-2H3,(H,12,13,14). The third-order valence-corrected chi connectivity index (χ3v) is 4.54. The van der Waals surface area contributed by atoms with Gasteiger partial charge in [-0.15, -0.1) is 0 Å². The van der Waals surface area contributed by atoms with Gasteiger partial charge in [-0.25, -0.2) is 23.1 Å². The maximum atomic E-state index is 12.1. The molecule has 7 nitrogen and oxygen atoms in total. The van der Waals surface area contributed by atoms with Crippen molar-refractivity contribution < 1.29 is 13.2 Å².